The topological polar surface area (TPSA) is 54.4 Å². The van der Waals surface area contributed by atoms with Crippen LogP contribution >= 0.6 is 0 Å². The highest BCUT2D eigenvalue weighted by molar-refractivity contribution is 6.00. The lowest BCUT2D eigenvalue weighted by atomic mass is 9.56. The summed E-state index contributed by atoms with van der Waals surface area (Å²) in [6.45, 7) is 11.9. The van der Waals surface area contributed by atoms with E-state index in [0.29, 0.717) is 6.42 Å². The summed E-state index contributed by atoms with van der Waals surface area (Å²) in [4.78, 5) is 21.3. The monoisotopic (exact) mass is 328 g/mol. The number of carboxylic acids is 1. The number of rotatable bonds is 2. The minimum Gasteiger partial charge on any atom is -0.481 e. The van der Waals surface area contributed by atoms with Crippen LogP contribution in [0.2, 0.25) is 0 Å². The first kappa shape index (κ1) is 19.9. The molecule has 1 unspecified atom stereocenters. The number of hydrogen-bond acceptors (Lipinski definition) is 2. The minimum absolute atomic E-state index is 0.0804. The average molecular weight is 328 g/mol. The highest BCUT2D eigenvalue weighted by Crippen LogP contribution is 2.50. The zero-order valence-corrected chi connectivity index (χ0v) is 15.5. The van der Waals surface area contributed by atoms with Gasteiger partial charge in [-0.2, -0.15) is 0 Å². The Morgan fingerprint density at radius 1 is 1.17 bits per heavy atom. The van der Waals surface area contributed by atoms with E-state index in [2.05, 4.69) is 52.0 Å². The Balaban J connectivity index is 0.000000648. The van der Waals surface area contributed by atoms with Crippen LogP contribution in [0.3, 0.4) is 0 Å². The molecule has 3 heteroatoms. The van der Waals surface area contributed by atoms with E-state index in [-0.39, 0.29) is 16.6 Å². The van der Waals surface area contributed by atoms with Gasteiger partial charge in [0.2, 0.25) is 0 Å². The molecule has 0 heterocycles. The van der Waals surface area contributed by atoms with Crippen LogP contribution in [0, 0.1) is 5.41 Å². The van der Waals surface area contributed by atoms with Gasteiger partial charge in [-0.15, -0.1) is 0 Å². The van der Waals surface area contributed by atoms with Crippen molar-refractivity contribution in [2.75, 3.05) is 0 Å². The molecule has 0 saturated heterocycles. The van der Waals surface area contributed by atoms with Gasteiger partial charge in [0.1, 0.15) is 0 Å². The van der Waals surface area contributed by atoms with E-state index in [1.165, 1.54) is 5.57 Å². The molecule has 1 aliphatic rings. The van der Waals surface area contributed by atoms with Crippen LogP contribution in [0.5, 0.6) is 0 Å². The van der Waals surface area contributed by atoms with Gasteiger partial charge < -0.3 is 5.11 Å². The Morgan fingerprint density at radius 2 is 1.71 bits per heavy atom. The number of ketones is 1. The van der Waals surface area contributed by atoms with Gasteiger partial charge in [0, 0.05) is 24.3 Å². The van der Waals surface area contributed by atoms with Gasteiger partial charge in [0.25, 0.3) is 5.97 Å². The number of aliphatic carboxylic acids is 1. The van der Waals surface area contributed by atoms with E-state index in [4.69, 9.17) is 9.90 Å². The van der Waals surface area contributed by atoms with Gasteiger partial charge >= 0.3 is 0 Å². The van der Waals surface area contributed by atoms with E-state index in [1.54, 1.807) is 0 Å². The molecule has 0 spiro atoms. The van der Waals surface area contributed by atoms with Crippen LogP contribution in [0.25, 0.3) is 0 Å². The van der Waals surface area contributed by atoms with Gasteiger partial charge in [-0.25, -0.2) is 0 Å². The van der Waals surface area contributed by atoms with Crippen LogP contribution in [0.4, 0.5) is 0 Å². The summed E-state index contributed by atoms with van der Waals surface area (Å²) in [7, 11) is 0. The van der Waals surface area contributed by atoms with Crippen molar-refractivity contribution in [1.29, 1.82) is 0 Å². The predicted octanol–water partition coefficient (Wildman–Crippen LogP) is 5.17. The Morgan fingerprint density at radius 3 is 2.25 bits per heavy atom. The molecule has 1 aromatic rings. The molecule has 0 amide bonds. The molecule has 0 fully saturated rings. The Labute approximate surface area is 145 Å². The van der Waals surface area contributed by atoms with Crippen LogP contribution in [0.15, 0.2) is 48.1 Å². The van der Waals surface area contributed by atoms with Crippen molar-refractivity contribution in [2.24, 2.45) is 5.41 Å². The molecule has 0 radical (unpaired) electrons. The number of benzene rings is 1. The fourth-order valence-corrected chi connectivity index (χ4v) is 2.93. The second kappa shape index (κ2) is 7.61. The molecule has 1 aromatic carbocycles. The molecule has 0 bridgehead atoms. The smallest absolute Gasteiger partial charge is 0.300 e. The second-order valence-electron chi connectivity index (χ2n) is 7.12. The van der Waals surface area contributed by atoms with Crippen molar-refractivity contribution in [3.8, 4) is 0 Å². The molecule has 2 rings (SSSR count). The minimum atomic E-state index is -0.833. The maximum atomic E-state index is 12.3. The summed E-state index contributed by atoms with van der Waals surface area (Å²) in [6.07, 6.45) is 7.15. The molecule has 1 atom stereocenters. The molecule has 1 aliphatic carbocycles. The lowest BCUT2D eigenvalue weighted by molar-refractivity contribution is -0.134. The van der Waals surface area contributed by atoms with Gasteiger partial charge in [-0.3, -0.25) is 9.59 Å². The van der Waals surface area contributed by atoms with Crippen LogP contribution < -0.4 is 0 Å². The molecular weight excluding hydrogens is 300 g/mol. The molecule has 0 aromatic heterocycles. The number of allylic oxidation sites excluding steroid dienone is 4. The maximum Gasteiger partial charge on any atom is 0.300 e. The van der Waals surface area contributed by atoms with E-state index in [1.807, 2.05) is 25.1 Å². The molecular formula is C21H28O3. The zero-order valence-electron chi connectivity index (χ0n) is 15.5. The molecule has 24 heavy (non-hydrogen) atoms. The van der Waals surface area contributed by atoms with Crippen molar-refractivity contribution in [3.05, 3.63) is 59.2 Å². The summed E-state index contributed by atoms with van der Waals surface area (Å²) < 4.78 is 0. The first-order chi connectivity index (χ1) is 11.0. The fourth-order valence-electron chi connectivity index (χ4n) is 2.93. The van der Waals surface area contributed by atoms with E-state index in [9.17, 15) is 4.79 Å². The number of carbonyl (C=O) groups is 2. The molecule has 0 aliphatic heterocycles. The maximum absolute atomic E-state index is 12.3. The van der Waals surface area contributed by atoms with Crippen molar-refractivity contribution < 1.29 is 14.7 Å². The fraction of sp³-hybridized carbons (Fsp3) is 0.429. The van der Waals surface area contributed by atoms with Crippen LogP contribution in [-0.2, 0) is 10.2 Å². The highest BCUT2D eigenvalue weighted by atomic mass is 16.4. The Kier molecular flexibility index (Phi) is 6.30. The number of Topliss-reactive ketones (excluding diaryl/α,β-unsaturated/α-hetero) is 1. The van der Waals surface area contributed by atoms with Crippen molar-refractivity contribution in [2.45, 2.75) is 53.4 Å². The second-order valence-corrected chi connectivity index (χ2v) is 7.12. The average Bonchev–Trinajstić information content (AvgIpc) is 2.50. The number of fused-ring (bicyclic) bond motifs is 1. The third kappa shape index (κ3) is 4.22. The van der Waals surface area contributed by atoms with E-state index >= 15 is 0 Å². The molecule has 0 saturated carbocycles. The number of carbonyl (C=O) groups excluding carboxylic acids is 1. The predicted molar refractivity (Wildman–Crippen MR) is 98.4 cm³/mol. The van der Waals surface area contributed by atoms with Gasteiger partial charge in [0.05, 0.1) is 0 Å². The Hall–Kier alpha value is -2.16. The summed E-state index contributed by atoms with van der Waals surface area (Å²) in [5.41, 5.74) is 3.08. The lowest BCUT2D eigenvalue weighted by Gasteiger charge is -2.47. The van der Waals surface area contributed by atoms with Crippen molar-refractivity contribution in [1.82, 2.24) is 0 Å². The Bertz CT molecular complexity index is 676. The normalized spacial score (nSPS) is 22.6. The lowest BCUT2D eigenvalue weighted by Crippen LogP contribution is -2.44. The molecule has 1 N–H and O–H groups in total. The van der Waals surface area contributed by atoms with Crippen molar-refractivity contribution in [3.63, 3.8) is 0 Å². The quantitative estimate of drug-likeness (QED) is 0.762. The third-order valence-electron chi connectivity index (χ3n) is 4.93. The highest BCUT2D eigenvalue weighted by Gasteiger charge is 2.47. The summed E-state index contributed by atoms with van der Waals surface area (Å²) in [5.74, 6) is -0.570. The SMILES string of the molecule is C/C=C(C)\C=C\C1(C)c2ccccc2C(=O)CC1(C)C.CC(=O)O. The van der Waals surface area contributed by atoms with Crippen LogP contribution in [0.1, 0.15) is 63.9 Å². The number of hydrogen-bond donors (Lipinski definition) is 1. The summed E-state index contributed by atoms with van der Waals surface area (Å²) >= 11 is 0. The van der Waals surface area contributed by atoms with Gasteiger partial charge in [0.15, 0.2) is 5.78 Å². The van der Waals surface area contributed by atoms with Gasteiger partial charge in [-0.05, 0) is 24.8 Å². The van der Waals surface area contributed by atoms with Crippen LogP contribution in [-0.4, -0.2) is 16.9 Å². The van der Waals surface area contributed by atoms with Gasteiger partial charge in [-0.1, -0.05) is 68.8 Å². The third-order valence-corrected chi connectivity index (χ3v) is 4.93. The summed E-state index contributed by atoms with van der Waals surface area (Å²) in [5, 5.41) is 7.42. The van der Waals surface area contributed by atoms with E-state index in [0.717, 1.165) is 18.1 Å². The molecule has 3 nitrogen and oxygen atoms in total. The first-order valence-corrected chi connectivity index (χ1v) is 8.19. The number of carboxylic acid groups (broad SMARTS) is 1. The zero-order chi connectivity index (χ0) is 18.5. The van der Waals surface area contributed by atoms with Crippen molar-refractivity contribution >= 4 is 11.8 Å². The molecule has 130 valence electrons. The standard InChI is InChI=1S/C19H24O.C2H4O2/c1-6-14(2)11-12-19(5)16-10-8-7-9-15(16)17(20)13-18(19,3)4;1-2(3)4/h6-12H,13H2,1-5H3;1H3,(H,3,4)/b12-11+,14-6-;. The summed E-state index contributed by atoms with van der Waals surface area (Å²) in [6, 6.07) is 8.05. The largest absolute Gasteiger partial charge is 0.481 e. The van der Waals surface area contributed by atoms with E-state index < -0.39 is 5.97 Å². The first-order valence-electron chi connectivity index (χ1n) is 8.19.